The fraction of sp³-hybridized carbons (Fsp3) is 0.440. The molecule has 2 N–H and O–H groups in total. The lowest BCUT2D eigenvalue weighted by Gasteiger charge is -2.72. The van der Waals surface area contributed by atoms with E-state index in [-0.39, 0.29) is 23.4 Å². The van der Waals surface area contributed by atoms with Crippen LogP contribution in [-0.2, 0) is 14.3 Å². The molecule has 6 heteroatoms. The van der Waals surface area contributed by atoms with Gasteiger partial charge in [-0.15, -0.1) is 0 Å². The molecular formula is C25H27NO5. The largest absolute Gasteiger partial charge is 0.480 e. The minimum atomic E-state index is -0.992. The van der Waals surface area contributed by atoms with Gasteiger partial charge in [0, 0.05) is 25.0 Å². The number of carbonyl (C=O) groups excluding carboxylic acids is 1. The molecule has 4 aliphatic rings. The van der Waals surface area contributed by atoms with E-state index in [1.807, 2.05) is 24.3 Å². The molecule has 162 valence electrons. The summed E-state index contributed by atoms with van der Waals surface area (Å²) in [4.78, 5) is 24.5. The third-order valence-corrected chi connectivity index (χ3v) is 7.48. The van der Waals surface area contributed by atoms with Crippen molar-refractivity contribution in [2.24, 2.45) is 10.8 Å². The van der Waals surface area contributed by atoms with Gasteiger partial charge in [-0.2, -0.15) is 0 Å². The van der Waals surface area contributed by atoms with Crippen molar-refractivity contribution in [1.29, 1.82) is 0 Å². The van der Waals surface area contributed by atoms with Gasteiger partial charge in [-0.05, 0) is 53.4 Å². The van der Waals surface area contributed by atoms with Gasteiger partial charge in [0.2, 0.25) is 0 Å². The first-order valence-electron chi connectivity index (χ1n) is 10.8. The zero-order valence-corrected chi connectivity index (χ0v) is 17.6. The molecule has 0 radical (unpaired) electrons. The Labute approximate surface area is 181 Å². The SMILES string of the molecule is COCCC12CC(C(NC(=O)OCC3c4ccccc4-c4ccccc43)C(=O)O)(C1)C2. The molecule has 3 fully saturated rings. The van der Waals surface area contributed by atoms with Crippen molar-refractivity contribution in [1.82, 2.24) is 5.32 Å². The quantitative estimate of drug-likeness (QED) is 0.668. The van der Waals surface area contributed by atoms with Crippen molar-refractivity contribution < 1.29 is 24.2 Å². The molecule has 1 unspecified atom stereocenters. The molecule has 0 heterocycles. The number of nitrogens with one attached hydrogen (secondary N) is 1. The molecule has 2 aromatic carbocycles. The van der Waals surface area contributed by atoms with Gasteiger partial charge in [0.05, 0.1) is 0 Å². The summed E-state index contributed by atoms with van der Waals surface area (Å²) in [6, 6.07) is 15.4. The Morgan fingerprint density at radius 3 is 2.19 bits per heavy atom. The summed E-state index contributed by atoms with van der Waals surface area (Å²) in [5.41, 5.74) is 4.44. The number of alkyl carbamates (subject to hydrolysis) is 1. The molecule has 0 aliphatic heterocycles. The number of carboxylic acids is 1. The van der Waals surface area contributed by atoms with Gasteiger partial charge < -0.3 is 19.9 Å². The zero-order valence-electron chi connectivity index (χ0n) is 17.6. The highest BCUT2D eigenvalue weighted by molar-refractivity contribution is 5.82. The Morgan fingerprint density at radius 1 is 1.06 bits per heavy atom. The van der Waals surface area contributed by atoms with Crippen LogP contribution in [0.5, 0.6) is 0 Å². The van der Waals surface area contributed by atoms with Crippen LogP contribution in [0, 0.1) is 10.8 Å². The van der Waals surface area contributed by atoms with E-state index < -0.39 is 18.1 Å². The molecule has 1 atom stereocenters. The Kier molecular flexibility index (Phi) is 4.77. The molecule has 31 heavy (non-hydrogen) atoms. The maximum absolute atomic E-state index is 12.6. The third kappa shape index (κ3) is 3.21. The van der Waals surface area contributed by atoms with Crippen molar-refractivity contribution in [2.45, 2.75) is 37.6 Å². The van der Waals surface area contributed by atoms with Crippen molar-refractivity contribution in [3.05, 3.63) is 59.7 Å². The van der Waals surface area contributed by atoms with E-state index in [0.29, 0.717) is 6.61 Å². The van der Waals surface area contributed by atoms with Crippen LogP contribution >= 0.6 is 0 Å². The minimum Gasteiger partial charge on any atom is -0.480 e. The number of amides is 1. The smallest absolute Gasteiger partial charge is 0.407 e. The van der Waals surface area contributed by atoms with Crippen LogP contribution in [0.25, 0.3) is 11.1 Å². The summed E-state index contributed by atoms with van der Waals surface area (Å²) in [6.07, 6.45) is 2.76. The minimum absolute atomic E-state index is 0.0475. The zero-order chi connectivity index (χ0) is 21.6. The van der Waals surface area contributed by atoms with E-state index in [4.69, 9.17) is 9.47 Å². The highest BCUT2D eigenvalue weighted by atomic mass is 16.5. The van der Waals surface area contributed by atoms with E-state index in [2.05, 4.69) is 29.6 Å². The lowest BCUT2D eigenvalue weighted by atomic mass is 9.32. The van der Waals surface area contributed by atoms with Gasteiger partial charge in [0.1, 0.15) is 12.6 Å². The van der Waals surface area contributed by atoms with E-state index in [1.165, 1.54) is 0 Å². The molecule has 0 spiro atoms. The maximum atomic E-state index is 12.6. The van der Waals surface area contributed by atoms with Gasteiger partial charge in [0.15, 0.2) is 0 Å². The fourth-order valence-electron chi connectivity index (χ4n) is 6.21. The molecule has 0 saturated heterocycles. The average Bonchev–Trinajstić information content (AvgIpc) is 3.03. The Balaban J connectivity index is 1.23. The number of hydrogen-bond donors (Lipinski definition) is 2. The van der Waals surface area contributed by atoms with Gasteiger partial charge >= 0.3 is 12.1 Å². The molecule has 2 bridgehead atoms. The van der Waals surface area contributed by atoms with E-state index in [9.17, 15) is 14.7 Å². The van der Waals surface area contributed by atoms with Crippen LogP contribution in [0.4, 0.5) is 4.79 Å². The van der Waals surface area contributed by atoms with Crippen LogP contribution in [0.15, 0.2) is 48.5 Å². The first kappa shape index (κ1) is 20.1. The summed E-state index contributed by atoms with van der Waals surface area (Å²) in [5.74, 6) is -1.04. The first-order chi connectivity index (χ1) is 15.0. The van der Waals surface area contributed by atoms with Crippen molar-refractivity contribution in [3.63, 3.8) is 0 Å². The monoisotopic (exact) mass is 421 g/mol. The molecule has 6 rings (SSSR count). The van der Waals surface area contributed by atoms with E-state index >= 15 is 0 Å². The fourth-order valence-corrected chi connectivity index (χ4v) is 6.21. The number of rotatable bonds is 8. The summed E-state index contributed by atoms with van der Waals surface area (Å²) < 4.78 is 10.7. The molecule has 3 saturated carbocycles. The van der Waals surface area contributed by atoms with Crippen LogP contribution in [0.3, 0.4) is 0 Å². The lowest BCUT2D eigenvalue weighted by molar-refractivity contribution is -0.231. The van der Waals surface area contributed by atoms with Gasteiger partial charge in [-0.1, -0.05) is 48.5 Å². The predicted octanol–water partition coefficient (Wildman–Crippen LogP) is 4.19. The Hall–Kier alpha value is -2.86. The highest BCUT2D eigenvalue weighted by Crippen LogP contribution is 2.76. The van der Waals surface area contributed by atoms with Crippen LogP contribution in [0.2, 0.25) is 0 Å². The van der Waals surface area contributed by atoms with Crippen LogP contribution in [0.1, 0.15) is 42.7 Å². The second-order valence-electron chi connectivity index (χ2n) is 9.38. The van der Waals surface area contributed by atoms with Crippen LogP contribution < -0.4 is 5.32 Å². The predicted molar refractivity (Wildman–Crippen MR) is 115 cm³/mol. The van der Waals surface area contributed by atoms with Gasteiger partial charge in [-0.25, -0.2) is 9.59 Å². The highest BCUT2D eigenvalue weighted by Gasteiger charge is 2.71. The molecule has 0 aromatic heterocycles. The standard InChI is InChI=1S/C25H27NO5/c1-30-11-10-24-13-25(14-24,15-24)21(22(27)28)26-23(29)31-12-20-18-8-4-2-6-16(18)17-7-3-5-9-19(17)20/h2-9,20-21H,10-15H2,1H3,(H,26,29)(H,27,28). The Morgan fingerprint density at radius 2 is 1.65 bits per heavy atom. The lowest BCUT2D eigenvalue weighted by Crippen LogP contribution is -2.71. The number of carboxylic acid groups (broad SMARTS) is 1. The second kappa shape index (κ2) is 7.38. The van der Waals surface area contributed by atoms with E-state index in [0.717, 1.165) is 47.9 Å². The van der Waals surface area contributed by atoms with Gasteiger partial charge in [-0.3, -0.25) is 0 Å². The number of ether oxygens (including phenoxy) is 2. The second-order valence-corrected chi connectivity index (χ2v) is 9.38. The molecule has 6 nitrogen and oxygen atoms in total. The molecule has 2 aromatic rings. The summed E-state index contributed by atoms with van der Waals surface area (Å²) in [7, 11) is 1.68. The first-order valence-corrected chi connectivity index (χ1v) is 10.8. The number of methoxy groups -OCH3 is 1. The number of carbonyl (C=O) groups is 2. The average molecular weight is 421 g/mol. The van der Waals surface area contributed by atoms with Crippen LogP contribution in [-0.4, -0.2) is 43.5 Å². The summed E-state index contributed by atoms with van der Waals surface area (Å²) in [5, 5.41) is 12.4. The normalized spacial score (nSPS) is 26.1. The topological polar surface area (TPSA) is 84.9 Å². The Bertz CT molecular complexity index is 967. The van der Waals surface area contributed by atoms with Gasteiger partial charge in [0.25, 0.3) is 0 Å². The number of fused-ring (bicyclic) bond motifs is 3. The molecule has 1 amide bonds. The van der Waals surface area contributed by atoms with E-state index in [1.54, 1.807) is 7.11 Å². The van der Waals surface area contributed by atoms with Crippen molar-refractivity contribution in [2.75, 3.05) is 20.3 Å². The molecule has 4 aliphatic carbocycles. The summed E-state index contributed by atoms with van der Waals surface area (Å²) in [6.45, 7) is 0.866. The molecular weight excluding hydrogens is 394 g/mol. The van der Waals surface area contributed by atoms with Crippen molar-refractivity contribution in [3.8, 4) is 11.1 Å². The number of hydrogen-bond acceptors (Lipinski definition) is 4. The number of aliphatic carboxylic acids is 1. The summed E-state index contributed by atoms with van der Waals surface area (Å²) >= 11 is 0. The third-order valence-electron chi connectivity index (χ3n) is 7.48. The number of benzene rings is 2. The van der Waals surface area contributed by atoms with Crippen molar-refractivity contribution >= 4 is 12.1 Å². The maximum Gasteiger partial charge on any atom is 0.407 e.